The second-order valence-electron chi connectivity index (χ2n) is 4.58. The van der Waals surface area contributed by atoms with Gasteiger partial charge in [0.05, 0.1) is 16.5 Å². The molecule has 0 aliphatic carbocycles. The van der Waals surface area contributed by atoms with Gasteiger partial charge < -0.3 is 4.90 Å². The number of halogens is 1. The highest BCUT2D eigenvalue weighted by molar-refractivity contribution is 8.00. The Morgan fingerprint density at radius 2 is 1.95 bits per heavy atom. The number of nitrogens with zero attached hydrogens (tertiary/aromatic N) is 1. The lowest BCUT2D eigenvalue weighted by atomic mass is 10.3. The van der Waals surface area contributed by atoms with Crippen LogP contribution in [0.2, 0.25) is 5.02 Å². The summed E-state index contributed by atoms with van der Waals surface area (Å²) >= 11 is 9.42. The molecule has 2 nitrogen and oxygen atoms in total. The maximum absolute atomic E-state index is 12.5. The van der Waals surface area contributed by atoms with Gasteiger partial charge in [-0.25, -0.2) is 0 Å². The van der Waals surface area contributed by atoms with Crippen molar-refractivity contribution in [3.05, 3.63) is 53.6 Å². The summed E-state index contributed by atoms with van der Waals surface area (Å²) in [4.78, 5) is 16.5. The van der Waals surface area contributed by atoms with Gasteiger partial charge in [0.25, 0.3) is 0 Å². The third-order valence-electron chi connectivity index (χ3n) is 3.22. The van der Waals surface area contributed by atoms with Crippen LogP contribution in [0.4, 0.5) is 5.69 Å². The van der Waals surface area contributed by atoms with E-state index >= 15 is 0 Å². The summed E-state index contributed by atoms with van der Waals surface area (Å²) < 4.78 is 0. The van der Waals surface area contributed by atoms with Crippen LogP contribution >= 0.6 is 35.1 Å². The minimum Gasteiger partial charge on any atom is -0.310 e. The maximum Gasteiger partial charge on any atom is 0.237 e. The molecule has 3 rings (SSSR count). The summed E-state index contributed by atoms with van der Waals surface area (Å²) in [6.45, 7) is 0.767. The summed E-state index contributed by atoms with van der Waals surface area (Å²) in [7, 11) is 0. The van der Waals surface area contributed by atoms with Crippen molar-refractivity contribution < 1.29 is 4.79 Å². The molecule has 5 heteroatoms. The van der Waals surface area contributed by atoms with E-state index in [4.69, 9.17) is 11.6 Å². The van der Waals surface area contributed by atoms with Gasteiger partial charge in [0.2, 0.25) is 5.91 Å². The van der Waals surface area contributed by atoms with Crippen molar-refractivity contribution in [2.75, 3.05) is 23.0 Å². The zero-order chi connectivity index (χ0) is 14.7. The summed E-state index contributed by atoms with van der Waals surface area (Å²) in [5.74, 6) is 1.48. The Morgan fingerprint density at radius 1 is 1.19 bits per heavy atom. The van der Waals surface area contributed by atoms with Gasteiger partial charge in [-0.15, -0.1) is 23.5 Å². The number of amides is 1. The van der Waals surface area contributed by atoms with Crippen molar-refractivity contribution >= 4 is 46.7 Å². The van der Waals surface area contributed by atoms with Crippen LogP contribution in [0, 0.1) is 0 Å². The van der Waals surface area contributed by atoms with Gasteiger partial charge >= 0.3 is 0 Å². The zero-order valence-electron chi connectivity index (χ0n) is 11.3. The lowest BCUT2D eigenvalue weighted by Crippen LogP contribution is -2.36. The van der Waals surface area contributed by atoms with Crippen molar-refractivity contribution in [2.45, 2.75) is 9.79 Å². The van der Waals surface area contributed by atoms with E-state index in [-0.39, 0.29) is 5.91 Å². The number of fused-ring (bicyclic) bond motifs is 1. The standard InChI is InChI=1S/C16H14ClNOS2/c17-12-5-1-3-7-14(12)21-11-16(19)18-9-10-20-15-8-4-2-6-13(15)18/h1-8H,9-11H2. The van der Waals surface area contributed by atoms with Gasteiger partial charge in [-0.3, -0.25) is 4.79 Å². The van der Waals surface area contributed by atoms with Crippen LogP contribution in [-0.4, -0.2) is 24.0 Å². The first kappa shape index (κ1) is 14.8. The zero-order valence-corrected chi connectivity index (χ0v) is 13.7. The molecule has 0 radical (unpaired) electrons. The number of thioether (sulfide) groups is 2. The fourth-order valence-corrected chi connectivity index (χ4v) is 4.32. The number of para-hydroxylation sites is 1. The Hall–Kier alpha value is -1.10. The van der Waals surface area contributed by atoms with Gasteiger partial charge in [-0.1, -0.05) is 35.9 Å². The average molecular weight is 336 g/mol. The quantitative estimate of drug-likeness (QED) is 0.766. The van der Waals surface area contributed by atoms with E-state index < -0.39 is 0 Å². The summed E-state index contributed by atoms with van der Waals surface area (Å²) in [6, 6.07) is 15.7. The van der Waals surface area contributed by atoms with Crippen LogP contribution in [0.25, 0.3) is 0 Å². The highest BCUT2D eigenvalue weighted by Crippen LogP contribution is 2.35. The van der Waals surface area contributed by atoms with E-state index in [9.17, 15) is 4.79 Å². The second kappa shape index (κ2) is 6.77. The number of carbonyl (C=O) groups excluding carboxylic acids is 1. The highest BCUT2D eigenvalue weighted by Gasteiger charge is 2.22. The van der Waals surface area contributed by atoms with Gasteiger partial charge in [0, 0.05) is 22.1 Å². The Labute approximate surface area is 137 Å². The normalized spacial score (nSPS) is 13.9. The van der Waals surface area contributed by atoms with E-state index in [2.05, 4.69) is 6.07 Å². The highest BCUT2D eigenvalue weighted by atomic mass is 35.5. The molecule has 0 fully saturated rings. The smallest absolute Gasteiger partial charge is 0.237 e. The summed E-state index contributed by atoms with van der Waals surface area (Å²) in [5, 5.41) is 0.699. The number of hydrogen-bond acceptors (Lipinski definition) is 3. The molecule has 21 heavy (non-hydrogen) atoms. The maximum atomic E-state index is 12.5. The Morgan fingerprint density at radius 3 is 2.81 bits per heavy atom. The molecule has 1 aliphatic rings. The molecule has 1 aliphatic heterocycles. The van der Waals surface area contributed by atoms with Crippen molar-refractivity contribution in [1.82, 2.24) is 0 Å². The van der Waals surface area contributed by atoms with Crippen molar-refractivity contribution in [3.8, 4) is 0 Å². The molecular formula is C16H14ClNOS2. The van der Waals surface area contributed by atoms with Crippen molar-refractivity contribution in [3.63, 3.8) is 0 Å². The largest absolute Gasteiger partial charge is 0.310 e. The van der Waals surface area contributed by atoms with E-state index in [1.807, 2.05) is 47.4 Å². The molecule has 0 N–H and O–H groups in total. The molecule has 0 aromatic heterocycles. The Kier molecular flexibility index (Phi) is 4.78. The second-order valence-corrected chi connectivity index (χ2v) is 7.14. The minimum absolute atomic E-state index is 0.132. The predicted molar refractivity (Wildman–Crippen MR) is 91.7 cm³/mol. The van der Waals surface area contributed by atoms with Crippen LogP contribution < -0.4 is 4.90 Å². The molecule has 0 spiro atoms. The molecule has 0 bridgehead atoms. The van der Waals surface area contributed by atoms with E-state index in [1.54, 1.807) is 11.8 Å². The van der Waals surface area contributed by atoms with Crippen molar-refractivity contribution in [1.29, 1.82) is 0 Å². The lowest BCUT2D eigenvalue weighted by Gasteiger charge is -2.28. The average Bonchev–Trinajstić information content (AvgIpc) is 2.53. The number of benzene rings is 2. The van der Waals surface area contributed by atoms with E-state index in [0.717, 1.165) is 22.9 Å². The monoisotopic (exact) mass is 335 g/mol. The molecular weight excluding hydrogens is 322 g/mol. The van der Waals surface area contributed by atoms with Crippen LogP contribution in [0.15, 0.2) is 58.3 Å². The fourth-order valence-electron chi connectivity index (χ4n) is 2.21. The predicted octanol–water partition coefficient (Wildman–Crippen LogP) is 4.57. The minimum atomic E-state index is 0.132. The molecule has 108 valence electrons. The van der Waals surface area contributed by atoms with E-state index in [0.29, 0.717) is 10.8 Å². The van der Waals surface area contributed by atoms with Gasteiger partial charge in [0.1, 0.15) is 0 Å². The fraction of sp³-hybridized carbons (Fsp3) is 0.188. The molecule has 0 atom stereocenters. The Balaban J connectivity index is 1.71. The third kappa shape index (κ3) is 3.39. The van der Waals surface area contributed by atoms with Crippen LogP contribution in [0.1, 0.15) is 0 Å². The number of anilines is 1. The summed E-state index contributed by atoms with van der Waals surface area (Å²) in [6.07, 6.45) is 0. The van der Waals surface area contributed by atoms with E-state index in [1.165, 1.54) is 16.7 Å². The van der Waals surface area contributed by atoms with Gasteiger partial charge in [0.15, 0.2) is 0 Å². The van der Waals surface area contributed by atoms with Crippen LogP contribution in [-0.2, 0) is 4.79 Å². The van der Waals surface area contributed by atoms with Crippen LogP contribution in [0.5, 0.6) is 0 Å². The van der Waals surface area contributed by atoms with Gasteiger partial charge in [-0.05, 0) is 24.3 Å². The summed E-state index contributed by atoms with van der Waals surface area (Å²) in [5.41, 5.74) is 1.03. The third-order valence-corrected chi connectivity index (χ3v) is 5.76. The van der Waals surface area contributed by atoms with Crippen molar-refractivity contribution in [2.24, 2.45) is 0 Å². The molecule has 0 saturated carbocycles. The number of hydrogen-bond donors (Lipinski definition) is 0. The molecule has 2 aromatic rings. The SMILES string of the molecule is O=C(CSc1ccccc1Cl)N1CCSc2ccccc21. The first-order chi connectivity index (χ1) is 10.3. The molecule has 1 amide bonds. The molecule has 2 aromatic carbocycles. The molecule has 0 unspecified atom stereocenters. The number of carbonyl (C=O) groups is 1. The first-order valence-electron chi connectivity index (χ1n) is 6.65. The number of rotatable bonds is 3. The topological polar surface area (TPSA) is 20.3 Å². The van der Waals surface area contributed by atoms with Crippen LogP contribution in [0.3, 0.4) is 0 Å². The van der Waals surface area contributed by atoms with Gasteiger partial charge in [-0.2, -0.15) is 0 Å². The Bertz CT molecular complexity index is 662. The molecule has 0 saturated heterocycles. The first-order valence-corrected chi connectivity index (χ1v) is 9.00. The molecule has 1 heterocycles. The lowest BCUT2D eigenvalue weighted by molar-refractivity contribution is -0.116.